The molecule has 24 heavy (non-hydrogen) atoms. The van der Waals surface area contributed by atoms with Gasteiger partial charge in [-0.25, -0.2) is 13.2 Å². The molecule has 1 saturated heterocycles. The molecular formula is C17H16N2O4S. The molecule has 3 amide bonds. The van der Waals surface area contributed by atoms with Crippen LogP contribution in [-0.2, 0) is 21.2 Å². The van der Waals surface area contributed by atoms with Crippen LogP contribution in [0.1, 0.15) is 11.1 Å². The zero-order chi connectivity index (χ0) is 17.3. The summed E-state index contributed by atoms with van der Waals surface area (Å²) in [5, 5.41) is 2.44. The van der Waals surface area contributed by atoms with E-state index in [0.29, 0.717) is 5.56 Å². The van der Waals surface area contributed by atoms with Crippen LogP contribution in [0.3, 0.4) is 0 Å². The van der Waals surface area contributed by atoms with Gasteiger partial charge in [-0.15, -0.1) is 0 Å². The summed E-state index contributed by atoms with van der Waals surface area (Å²) in [7, 11) is -3.58. The Kier molecular flexibility index (Phi) is 4.11. The van der Waals surface area contributed by atoms with Gasteiger partial charge in [-0.05, 0) is 36.8 Å². The maximum atomic E-state index is 12.6. The minimum atomic E-state index is -3.58. The summed E-state index contributed by atoms with van der Waals surface area (Å²) in [5.74, 6) is -0.295. The van der Waals surface area contributed by atoms with E-state index < -0.39 is 15.9 Å². The van der Waals surface area contributed by atoms with Gasteiger partial charge in [0.05, 0.1) is 22.9 Å². The quantitative estimate of drug-likeness (QED) is 0.859. The molecule has 0 bridgehead atoms. The van der Waals surface area contributed by atoms with Crippen LogP contribution < -0.4 is 5.32 Å². The average molecular weight is 344 g/mol. The second-order valence-corrected chi connectivity index (χ2v) is 7.55. The molecule has 124 valence electrons. The highest BCUT2D eigenvalue weighted by Crippen LogP contribution is 2.22. The first kappa shape index (κ1) is 16.2. The Labute approximate surface area is 140 Å². The zero-order valence-electron chi connectivity index (χ0n) is 13.0. The predicted molar refractivity (Wildman–Crippen MR) is 87.0 cm³/mol. The Morgan fingerprint density at radius 3 is 2.00 bits per heavy atom. The summed E-state index contributed by atoms with van der Waals surface area (Å²) in [6, 6.07) is 12.4. The van der Waals surface area contributed by atoms with E-state index in [0.717, 1.165) is 10.5 Å². The number of hydrogen-bond donors (Lipinski definition) is 1. The van der Waals surface area contributed by atoms with Crippen LogP contribution >= 0.6 is 0 Å². The largest absolute Gasteiger partial charge is 0.329 e. The molecule has 0 saturated carbocycles. The molecule has 1 fully saturated rings. The Hall–Kier alpha value is -2.67. The molecule has 0 aliphatic carbocycles. The van der Waals surface area contributed by atoms with Gasteiger partial charge in [0, 0.05) is 0 Å². The van der Waals surface area contributed by atoms with Crippen molar-refractivity contribution >= 4 is 21.8 Å². The second-order valence-electron chi connectivity index (χ2n) is 5.60. The molecule has 1 N–H and O–H groups in total. The number of urea groups is 1. The lowest BCUT2D eigenvalue weighted by Gasteiger charge is -2.12. The molecule has 0 unspecified atom stereocenters. The molecule has 6 nitrogen and oxygen atoms in total. The molecule has 0 aromatic heterocycles. The highest BCUT2D eigenvalue weighted by Gasteiger charge is 2.28. The van der Waals surface area contributed by atoms with Gasteiger partial charge in [-0.1, -0.05) is 29.8 Å². The number of sulfone groups is 1. The third-order valence-corrected chi connectivity index (χ3v) is 5.63. The molecule has 0 spiro atoms. The van der Waals surface area contributed by atoms with Crippen LogP contribution in [-0.4, -0.2) is 31.8 Å². The first-order valence-electron chi connectivity index (χ1n) is 7.37. The van der Waals surface area contributed by atoms with Crippen molar-refractivity contribution < 1.29 is 18.0 Å². The maximum absolute atomic E-state index is 12.6. The van der Waals surface area contributed by atoms with E-state index in [-0.39, 0.29) is 28.8 Å². The number of carbonyl (C=O) groups excluding carboxylic acids is 2. The monoisotopic (exact) mass is 344 g/mol. The molecular weight excluding hydrogens is 328 g/mol. The van der Waals surface area contributed by atoms with Crippen LogP contribution in [0.25, 0.3) is 0 Å². The van der Waals surface area contributed by atoms with E-state index in [1.165, 1.54) is 12.1 Å². The fraction of sp³-hybridized carbons (Fsp3) is 0.176. The van der Waals surface area contributed by atoms with Crippen molar-refractivity contribution in [1.82, 2.24) is 10.2 Å². The van der Waals surface area contributed by atoms with Crippen LogP contribution in [0.4, 0.5) is 4.79 Å². The lowest BCUT2D eigenvalue weighted by molar-refractivity contribution is -0.125. The summed E-state index contributed by atoms with van der Waals surface area (Å²) in [4.78, 5) is 24.6. The highest BCUT2D eigenvalue weighted by molar-refractivity contribution is 7.91. The molecule has 0 radical (unpaired) electrons. The van der Waals surface area contributed by atoms with Crippen molar-refractivity contribution in [3.8, 4) is 0 Å². The normalized spacial score (nSPS) is 14.8. The fourth-order valence-corrected chi connectivity index (χ4v) is 3.69. The summed E-state index contributed by atoms with van der Waals surface area (Å²) in [6.45, 7) is 2.01. The minimum Gasteiger partial charge on any atom is -0.329 e. The van der Waals surface area contributed by atoms with Crippen molar-refractivity contribution in [3.63, 3.8) is 0 Å². The first-order chi connectivity index (χ1) is 11.4. The van der Waals surface area contributed by atoms with Crippen LogP contribution in [0.15, 0.2) is 58.3 Å². The van der Waals surface area contributed by atoms with E-state index in [9.17, 15) is 18.0 Å². The van der Waals surface area contributed by atoms with E-state index in [1.807, 2.05) is 6.92 Å². The maximum Gasteiger partial charge on any atom is 0.324 e. The van der Waals surface area contributed by atoms with Gasteiger partial charge in [0.1, 0.15) is 0 Å². The first-order valence-corrected chi connectivity index (χ1v) is 8.85. The van der Waals surface area contributed by atoms with E-state index in [1.54, 1.807) is 36.4 Å². The van der Waals surface area contributed by atoms with E-state index >= 15 is 0 Å². The molecule has 1 aliphatic rings. The van der Waals surface area contributed by atoms with Gasteiger partial charge in [-0.3, -0.25) is 9.69 Å². The number of nitrogens with one attached hydrogen (secondary N) is 1. The highest BCUT2D eigenvalue weighted by atomic mass is 32.2. The third-order valence-electron chi connectivity index (χ3n) is 3.84. The molecule has 2 aromatic rings. The van der Waals surface area contributed by atoms with Crippen molar-refractivity contribution in [2.75, 3.05) is 6.54 Å². The standard InChI is InChI=1S/C17H16N2O4S/c1-12-2-6-14(7-3-12)24(22,23)15-8-4-13(5-9-15)11-19-16(20)10-18-17(19)21/h2-9H,10-11H2,1H3,(H,18,21). The van der Waals surface area contributed by atoms with Gasteiger partial charge in [0.2, 0.25) is 15.7 Å². The Bertz CT molecular complexity index is 871. The van der Waals surface area contributed by atoms with Crippen molar-refractivity contribution in [2.45, 2.75) is 23.3 Å². The van der Waals surface area contributed by atoms with E-state index in [4.69, 9.17) is 0 Å². The Morgan fingerprint density at radius 2 is 1.50 bits per heavy atom. The number of amides is 3. The van der Waals surface area contributed by atoms with Gasteiger partial charge >= 0.3 is 6.03 Å². The van der Waals surface area contributed by atoms with Gasteiger partial charge in [0.25, 0.3) is 0 Å². The second kappa shape index (κ2) is 6.09. The molecule has 1 aliphatic heterocycles. The topological polar surface area (TPSA) is 83.6 Å². The van der Waals surface area contributed by atoms with Crippen LogP contribution in [0, 0.1) is 6.92 Å². The smallest absolute Gasteiger partial charge is 0.324 e. The van der Waals surface area contributed by atoms with Crippen LogP contribution in [0.5, 0.6) is 0 Å². The minimum absolute atomic E-state index is 0.00127. The van der Waals surface area contributed by atoms with Crippen molar-refractivity contribution in [2.24, 2.45) is 0 Å². The molecule has 7 heteroatoms. The molecule has 3 rings (SSSR count). The number of benzene rings is 2. The molecule has 2 aromatic carbocycles. The number of rotatable bonds is 4. The lowest BCUT2D eigenvalue weighted by atomic mass is 10.2. The number of hydrogen-bond acceptors (Lipinski definition) is 4. The average Bonchev–Trinajstić information content (AvgIpc) is 2.88. The lowest BCUT2D eigenvalue weighted by Crippen LogP contribution is -2.30. The summed E-state index contributed by atoms with van der Waals surface area (Å²) >= 11 is 0. The van der Waals surface area contributed by atoms with Gasteiger partial charge in [0.15, 0.2) is 0 Å². The number of nitrogens with zero attached hydrogens (tertiary/aromatic N) is 1. The van der Waals surface area contributed by atoms with E-state index in [2.05, 4.69) is 5.32 Å². The van der Waals surface area contributed by atoms with Crippen LogP contribution in [0.2, 0.25) is 0 Å². The zero-order valence-corrected chi connectivity index (χ0v) is 13.8. The van der Waals surface area contributed by atoms with Gasteiger partial charge < -0.3 is 5.32 Å². The fourth-order valence-electron chi connectivity index (χ4n) is 2.43. The summed E-state index contributed by atoms with van der Waals surface area (Å²) in [5.41, 5.74) is 1.67. The Balaban J connectivity index is 1.82. The predicted octanol–water partition coefficient (Wildman–Crippen LogP) is 1.88. The van der Waals surface area contributed by atoms with Crippen molar-refractivity contribution in [1.29, 1.82) is 0 Å². The Morgan fingerprint density at radius 1 is 0.958 bits per heavy atom. The summed E-state index contributed by atoms with van der Waals surface area (Å²) in [6.07, 6.45) is 0. The summed E-state index contributed by atoms with van der Waals surface area (Å²) < 4.78 is 25.2. The SMILES string of the molecule is Cc1ccc(S(=O)(=O)c2ccc(CN3C(=O)CNC3=O)cc2)cc1. The molecule has 1 heterocycles. The number of imide groups is 1. The van der Waals surface area contributed by atoms with Gasteiger partial charge in [-0.2, -0.15) is 0 Å². The molecule has 0 atom stereocenters. The van der Waals surface area contributed by atoms with Crippen molar-refractivity contribution in [3.05, 3.63) is 59.7 Å². The third kappa shape index (κ3) is 3.03. The number of carbonyl (C=O) groups is 2. The number of aryl methyl sites for hydroxylation is 1.